The van der Waals surface area contributed by atoms with Crippen molar-refractivity contribution in [1.29, 1.82) is 0 Å². The van der Waals surface area contributed by atoms with Crippen LogP contribution in [0.3, 0.4) is 0 Å². The summed E-state index contributed by atoms with van der Waals surface area (Å²) in [4.78, 5) is 0. The van der Waals surface area contributed by atoms with Crippen molar-refractivity contribution in [3.8, 4) is 5.75 Å². The molecule has 1 rings (SSSR count). The molecule has 0 spiro atoms. The normalized spacial score (nSPS) is 10.4. The van der Waals surface area contributed by atoms with E-state index >= 15 is 0 Å². The molecule has 0 aromatic heterocycles. The maximum atomic E-state index is 8.23. The minimum absolute atomic E-state index is 0.660. The molecule has 0 fully saturated rings. The first kappa shape index (κ1) is 8.59. The van der Waals surface area contributed by atoms with Gasteiger partial charge in [0.05, 0.1) is 12.8 Å². The van der Waals surface area contributed by atoms with Crippen LogP contribution in [0.25, 0.3) is 0 Å². The molecule has 0 saturated heterocycles. The number of benzene rings is 1. The molecule has 64 valence electrons. The van der Waals surface area contributed by atoms with E-state index in [1.165, 1.54) is 6.21 Å². The molecule has 0 bridgehead atoms. The number of nitrogens with zero attached hydrogens (tertiary/aromatic N) is 1. The Kier molecular flexibility index (Phi) is 3.14. The second-order valence-corrected chi connectivity index (χ2v) is 2.25. The molecule has 1 N–H and O–H groups in total. The van der Waals surface area contributed by atoms with E-state index in [0.717, 1.165) is 11.3 Å². The molecule has 0 radical (unpaired) electrons. The standard InChI is InChI=1S/C9H11NO2/c1-2-12-9-5-3-8(4-6-9)7-10-11/h3-7,11H,2H2,1H3/b10-7+. The highest BCUT2D eigenvalue weighted by molar-refractivity contribution is 5.79. The van der Waals surface area contributed by atoms with E-state index in [9.17, 15) is 0 Å². The Bertz CT molecular complexity index is 254. The van der Waals surface area contributed by atoms with Crippen LogP contribution < -0.4 is 4.74 Å². The number of oxime groups is 1. The van der Waals surface area contributed by atoms with Crippen molar-refractivity contribution in [3.05, 3.63) is 29.8 Å². The summed E-state index contributed by atoms with van der Waals surface area (Å²) >= 11 is 0. The summed E-state index contributed by atoms with van der Waals surface area (Å²) in [6, 6.07) is 7.32. The zero-order chi connectivity index (χ0) is 8.81. The number of hydrogen-bond donors (Lipinski definition) is 1. The molecule has 1 aromatic rings. The van der Waals surface area contributed by atoms with Crippen LogP contribution in [-0.2, 0) is 0 Å². The van der Waals surface area contributed by atoms with Gasteiger partial charge in [-0.25, -0.2) is 0 Å². The quantitative estimate of drug-likeness (QED) is 0.422. The fourth-order valence-electron chi connectivity index (χ4n) is 0.883. The van der Waals surface area contributed by atoms with Crippen molar-refractivity contribution in [1.82, 2.24) is 0 Å². The number of rotatable bonds is 3. The van der Waals surface area contributed by atoms with Crippen molar-refractivity contribution in [2.75, 3.05) is 6.61 Å². The molecule has 1 aromatic carbocycles. The van der Waals surface area contributed by atoms with Gasteiger partial charge in [0.15, 0.2) is 0 Å². The Morgan fingerprint density at radius 3 is 2.58 bits per heavy atom. The maximum Gasteiger partial charge on any atom is 0.119 e. The zero-order valence-corrected chi connectivity index (χ0v) is 6.90. The van der Waals surface area contributed by atoms with Gasteiger partial charge in [0, 0.05) is 0 Å². The van der Waals surface area contributed by atoms with Crippen molar-refractivity contribution >= 4 is 6.21 Å². The second kappa shape index (κ2) is 4.38. The third-order valence-corrected chi connectivity index (χ3v) is 1.40. The lowest BCUT2D eigenvalue weighted by Gasteiger charge is -2.01. The van der Waals surface area contributed by atoms with E-state index in [1.54, 1.807) is 0 Å². The third-order valence-electron chi connectivity index (χ3n) is 1.40. The number of ether oxygens (including phenoxy) is 1. The van der Waals surface area contributed by atoms with E-state index in [4.69, 9.17) is 9.94 Å². The first-order valence-corrected chi connectivity index (χ1v) is 3.77. The van der Waals surface area contributed by atoms with Gasteiger partial charge in [-0.3, -0.25) is 0 Å². The molecular formula is C9H11NO2. The topological polar surface area (TPSA) is 41.8 Å². The molecule has 3 heteroatoms. The summed E-state index contributed by atoms with van der Waals surface area (Å²) < 4.78 is 5.23. The molecule has 0 aliphatic heterocycles. The van der Waals surface area contributed by atoms with Gasteiger partial charge in [-0.2, -0.15) is 0 Å². The summed E-state index contributed by atoms with van der Waals surface area (Å²) in [5.41, 5.74) is 0.848. The molecule has 0 aliphatic carbocycles. The van der Waals surface area contributed by atoms with Crippen molar-refractivity contribution in [2.24, 2.45) is 5.16 Å². The fourth-order valence-corrected chi connectivity index (χ4v) is 0.883. The van der Waals surface area contributed by atoms with Gasteiger partial charge in [-0.15, -0.1) is 0 Å². The summed E-state index contributed by atoms with van der Waals surface area (Å²) in [6.45, 7) is 2.59. The molecule has 0 saturated carbocycles. The van der Waals surface area contributed by atoms with Crippen LogP contribution in [0.2, 0.25) is 0 Å². The molecule has 12 heavy (non-hydrogen) atoms. The number of hydrogen-bond acceptors (Lipinski definition) is 3. The molecule has 3 nitrogen and oxygen atoms in total. The molecule has 0 amide bonds. The maximum absolute atomic E-state index is 8.23. The molecule has 0 heterocycles. The smallest absolute Gasteiger partial charge is 0.119 e. The van der Waals surface area contributed by atoms with Crippen LogP contribution >= 0.6 is 0 Å². The Morgan fingerprint density at radius 1 is 1.42 bits per heavy atom. The molecule has 0 aliphatic rings. The Balaban J connectivity index is 2.71. The van der Waals surface area contributed by atoms with Crippen LogP contribution in [-0.4, -0.2) is 18.0 Å². The van der Waals surface area contributed by atoms with Gasteiger partial charge in [0.1, 0.15) is 5.75 Å². The highest BCUT2D eigenvalue weighted by Crippen LogP contribution is 2.10. The summed E-state index contributed by atoms with van der Waals surface area (Å²) in [7, 11) is 0. The molecule has 0 atom stereocenters. The average molecular weight is 165 g/mol. The summed E-state index contributed by atoms with van der Waals surface area (Å²) in [5, 5.41) is 11.1. The van der Waals surface area contributed by atoms with Crippen LogP contribution in [0.1, 0.15) is 12.5 Å². The monoisotopic (exact) mass is 165 g/mol. The predicted molar refractivity (Wildman–Crippen MR) is 47.0 cm³/mol. The average Bonchev–Trinajstić information content (AvgIpc) is 2.09. The van der Waals surface area contributed by atoms with Crippen LogP contribution in [0.15, 0.2) is 29.4 Å². The first-order chi connectivity index (χ1) is 5.86. The van der Waals surface area contributed by atoms with Gasteiger partial charge >= 0.3 is 0 Å². The lowest BCUT2D eigenvalue weighted by molar-refractivity contribution is 0.322. The van der Waals surface area contributed by atoms with E-state index in [1.807, 2.05) is 31.2 Å². The highest BCUT2D eigenvalue weighted by atomic mass is 16.5. The van der Waals surface area contributed by atoms with Crippen LogP contribution in [0.5, 0.6) is 5.75 Å². The second-order valence-electron chi connectivity index (χ2n) is 2.25. The largest absolute Gasteiger partial charge is 0.494 e. The minimum Gasteiger partial charge on any atom is -0.494 e. The minimum atomic E-state index is 0.660. The van der Waals surface area contributed by atoms with Gasteiger partial charge in [0.25, 0.3) is 0 Å². The van der Waals surface area contributed by atoms with Crippen LogP contribution in [0.4, 0.5) is 0 Å². The highest BCUT2D eigenvalue weighted by Gasteiger charge is 1.90. The molecular weight excluding hydrogens is 154 g/mol. The fraction of sp³-hybridized carbons (Fsp3) is 0.222. The van der Waals surface area contributed by atoms with E-state index < -0.39 is 0 Å². The Hall–Kier alpha value is -1.51. The lowest BCUT2D eigenvalue weighted by atomic mass is 10.2. The molecule has 0 unspecified atom stereocenters. The van der Waals surface area contributed by atoms with Crippen molar-refractivity contribution in [3.63, 3.8) is 0 Å². The van der Waals surface area contributed by atoms with Crippen LogP contribution in [0, 0.1) is 0 Å². The lowest BCUT2D eigenvalue weighted by Crippen LogP contribution is -1.91. The van der Waals surface area contributed by atoms with Gasteiger partial charge in [-0.05, 0) is 36.8 Å². The van der Waals surface area contributed by atoms with E-state index in [0.29, 0.717) is 6.61 Å². The van der Waals surface area contributed by atoms with E-state index in [-0.39, 0.29) is 0 Å². The Labute approximate surface area is 71.3 Å². The van der Waals surface area contributed by atoms with Crippen molar-refractivity contribution in [2.45, 2.75) is 6.92 Å². The third kappa shape index (κ3) is 2.27. The SMILES string of the molecule is CCOc1ccc(/C=N/O)cc1. The van der Waals surface area contributed by atoms with Gasteiger partial charge in [-0.1, -0.05) is 5.16 Å². The predicted octanol–water partition coefficient (Wildman–Crippen LogP) is 1.89. The van der Waals surface area contributed by atoms with Crippen molar-refractivity contribution < 1.29 is 9.94 Å². The Morgan fingerprint density at radius 2 is 2.08 bits per heavy atom. The summed E-state index contributed by atoms with van der Waals surface area (Å²) in [6.07, 6.45) is 1.37. The first-order valence-electron chi connectivity index (χ1n) is 3.77. The summed E-state index contributed by atoms with van der Waals surface area (Å²) in [5.74, 6) is 0.826. The zero-order valence-electron chi connectivity index (χ0n) is 6.90. The van der Waals surface area contributed by atoms with E-state index in [2.05, 4.69) is 5.16 Å². The van der Waals surface area contributed by atoms with Gasteiger partial charge < -0.3 is 9.94 Å². The van der Waals surface area contributed by atoms with Gasteiger partial charge in [0.2, 0.25) is 0 Å².